The molecule has 3 N–H and O–H groups in total. The number of aliphatic hydroxyl groups is 1. The predicted octanol–water partition coefficient (Wildman–Crippen LogP) is 4.72. The van der Waals surface area contributed by atoms with Gasteiger partial charge in [0.1, 0.15) is 18.2 Å². The molecule has 0 spiro atoms. The molecule has 1 heterocycles. The zero-order valence-electron chi connectivity index (χ0n) is 29.4. The van der Waals surface area contributed by atoms with Crippen molar-refractivity contribution in [1.29, 1.82) is 0 Å². The molecule has 12 heteroatoms. The number of nitrogens with zero attached hydrogens (tertiary/aromatic N) is 4. The van der Waals surface area contributed by atoms with Gasteiger partial charge in [0.2, 0.25) is 5.91 Å². The summed E-state index contributed by atoms with van der Waals surface area (Å²) in [6.45, 7) is 15.9. The van der Waals surface area contributed by atoms with Crippen LogP contribution in [-0.2, 0) is 20.9 Å². The molecule has 12 nitrogen and oxygen atoms in total. The van der Waals surface area contributed by atoms with Gasteiger partial charge < -0.3 is 35.0 Å². The molecule has 3 amide bonds. The number of ether oxygens (including phenoxy) is 2. The Morgan fingerprint density at radius 1 is 1.13 bits per heavy atom. The number of alkyl carbamates (subject to hydrolysis) is 1. The second kappa shape index (κ2) is 21.3. The van der Waals surface area contributed by atoms with Crippen LogP contribution in [0.5, 0.6) is 0 Å². The van der Waals surface area contributed by atoms with Crippen molar-refractivity contribution in [1.82, 2.24) is 20.4 Å². The minimum Gasteiger partial charge on any atom is -0.445 e. The average molecular weight is 647 g/mol. The predicted molar refractivity (Wildman–Crippen MR) is 181 cm³/mol. The molecule has 2 rings (SSSR count). The lowest BCUT2D eigenvalue weighted by molar-refractivity contribution is -0.125. The maximum atomic E-state index is 13.1. The van der Waals surface area contributed by atoms with Crippen molar-refractivity contribution in [3.63, 3.8) is 0 Å². The van der Waals surface area contributed by atoms with Crippen molar-refractivity contribution < 1.29 is 29.0 Å². The number of carbonyl (C=O) groups excluding carboxylic acids is 3. The smallest absolute Gasteiger partial charge is 0.410 e. The number of amides is 3. The number of aliphatic imine (C=N–C) groups is 2. The summed E-state index contributed by atoms with van der Waals surface area (Å²) in [4.78, 5) is 49.6. The Kier molecular flexibility index (Phi) is 18.8. The van der Waals surface area contributed by atoms with E-state index in [9.17, 15) is 19.5 Å². The van der Waals surface area contributed by atoms with Crippen LogP contribution < -0.4 is 10.6 Å². The third kappa shape index (κ3) is 17.9. The number of hydrogen-bond acceptors (Lipinski definition) is 9. The van der Waals surface area contributed by atoms with Crippen molar-refractivity contribution in [2.24, 2.45) is 15.9 Å². The van der Waals surface area contributed by atoms with Gasteiger partial charge >= 0.3 is 12.2 Å². The molecular formula is C34H58N6O6. The van der Waals surface area contributed by atoms with Gasteiger partial charge in [-0.25, -0.2) is 19.6 Å². The summed E-state index contributed by atoms with van der Waals surface area (Å²) >= 11 is 0. The van der Waals surface area contributed by atoms with Crippen molar-refractivity contribution in [3.05, 3.63) is 35.9 Å². The zero-order valence-corrected chi connectivity index (χ0v) is 29.4. The number of carbonyl (C=O) groups is 3. The van der Waals surface area contributed by atoms with Crippen molar-refractivity contribution in [2.45, 2.75) is 111 Å². The molecule has 1 aliphatic rings. The van der Waals surface area contributed by atoms with E-state index in [0.717, 1.165) is 31.6 Å². The maximum Gasteiger partial charge on any atom is 0.410 e. The summed E-state index contributed by atoms with van der Waals surface area (Å²) in [5.74, 6) is -0.240. The van der Waals surface area contributed by atoms with Gasteiger partial charge in [-0.05, 0) is 92.4 Å². The minimum absolute atomic E-state index is 0.0358. The molecule has 1 aromatic rings. The van der Waals surface area contributed by atoms with Crippen LogP contribution >= 0.6 is 0 Å². The number of rotatable bonds is 12. The molecule has 260 valence electrons. The van der Waals surface area contributed by atoms with E-state index < -0.39 is 36.0 Å². The molecule has 0 aliphatic carbocycles. The highest BCUT2D eigenvalue weighted by Crippen LogP contribution is 2.20. The van der Waals surface area contributed by atoms with Gasteiger partial charge in [0, 0.05) is 12.6 Å². The first-order valence-corrected chi connectivity index (χ1v) is 16.3. The summed E-state index contributed by atoms with van der Waals surface area (Å²) < 4.78 is 10.8. The Morgan fingerprint density at radius 2 is 1.80 bits per heavy atom. The van der Waals surface area contributed by atoms with Crippen LogP contribution in [0.3, 0.4) is 0 Å². The Morgan fingerprint density at radius 3 is 2.39 bits per heavy atom. The fourth-order valence-electron chi connectivity index (χ4n) is 4.58. The van der Waals surface area contributed by atoms with E-state index in [1.54, 1.807) is 20.8 Å². The van der Waals surface area contributed by atoms with E-state index in [1.807, 2.05) is 58.0 Å². The van der Waals surface area contributed by atoms with Crippen LogP contribution in [0.1, 0.15) is 79.7 Å². The second-order valence-corrected chi connectivity index (χ2v) is 13.2. The van der Waals surface area contributed by atoms with Gasteiger partial charge in [-0.3, -0.25) is 4.79 Å². The normalized spacial score (nSPS) is 18.7. The molecule has 1 aromatic carbocycles. The lowest BCUT2D eigenvalue weighted by Gasteiger charge is -2.29. The van der Waals surface area contributed by atoms with Gasteiger partial charge in [0.15, 0.2) is 0 Å². The average Bonchev–Trinajstić information content (AvgIpc) is 3.10. The number of benzene rings is 1. The second-order valence-electron chi connectivity index (χ2n) is 13.2. The van der Waals surface area contributed by atoms with E-state index in [-0.39, 0.29) is 31.0 Å². The van der Waals surface area contributed by atoms with E-state index >= 15 is 0 Å². The number of likely N-dealkylation sites (tertiary alicyclic amines) is 1. The van der Waals surface area contributed by atoms with Gasteiger partial charge in [-0.1, -0.05) is 44.2 Å². The van der Waals surface area contributed by atoms with Gasteiger partial charge in [0.05, 0.1) is 31.2 Å². The largest absolute Gasteiger partial charge is 0.445 e. The van der Waals surface area contributed by atoms with Crippen molar-refractivity contribution in [3.8, 4) is 0 Å². The Balaban J connectivity index is 0.000000818. The highest BCUT2D eigenvalue weighted by atomic mass is 16.6. The van der Waals surface area contributed by atoms with E-state index in [4.69, 9.17) is 9.47 Å². The standard InChI is InChI=1S/C26H41N3O6.C8H17N3/c1-17(2)14-21(28-24(32)35-26(4,5)6)23(31)27-20-13-12-18(3)29(15-22(20)30)25(33)34-16-19-10-8-7-9-11-19;1-4-9-8-10-6-5-7-11(2)3/h7-11,17-18,20-22,30H,12-16H2,1-6H3,(H,27,31)(H,28,32);4-7H2,1-3H3/t18-,20+,21-,22+;/m0./s1. The van der Waals surface area contributed by atoms with E-state index in [2.05, 4.69) is 45.6 Å². The lowest BCUT2D eigenvalue weighted by atomic mass is 10.0. The molecule has 0 unspecified atom stereocenters. The first-order chi connectivity index (χ1) is 21.6. The molecule has 0 saturated carbocycles. The third-order valence-electron chi connectivity index (χ3n) is 6.93. The molecular weight excluding hydrogens is 588 g/mol. The molecule has 46 heavy (non-hydrogen) atoms. The van der Waals surface area contributed by atoms with Gasteiger partial charge in [-0.15, -0.1) is 0 Å². The Labute approximate surface area is 276 Å². The summed E-state index contributed by atoms with van der Waals surface area (Å²) in [5.41, 5.74) is 0.192. The number of hydrogen-bond donors (Lipinski definition) is 3. The number of nitrogens with one attached hydrogen (secondary N) is 2. The molecule has 4 atom stereocenters. The lowest BCUT2D eigenvalue weighted by Crippen LogP contribution is -2.54. The molecule has 1 aliphatic heterocycles. The van der Waals surface area contributed by atoms with Crippen LogP contribution in [0.4, 0.5) is 9.59 Å². The van der Waals surface area contributed by atoms with Crippen LogP contribution in [0.2, 0.25) is 0 Å². The monoisotopic (exact) mass is 646 g/mol. The van der Waals surface area contributed by atoms with Crippen LogP contribution in [0.25, 0.3) is 0 Å². The quantitative estimate of drug-likeness (QED) is 0.220. The maximum absolute atomic E-state index is 13.1. The highest BCUT2D eigenvalue weighted by molar-refractivity contribution is 5.86. The molecule has 0 aromatic heterocycles. The van der Waals surface area contributed by atoms with Crippen LogP contribution in [0, 0.1) is 5.92 Å². The molecule has 1 fully saturated rings. The Hall–Kier alpha value is -3.47. The fraction of sp³-hybridized carbons (Fsp3) is 0.706. The Bertz CT molecular complexity index is 1100. The SMILES string of the molecule is CC(C)C[C@H](NC(=O)OC(C)(C)C)C(=O)N[C@@H]1CC[C@H](C)N(C(=O)OCc2ccccc2)C[C@H]1O.CCN=C=NCCCN(C)C. The first kappa shape index (κ1) is 40.6. The fourth-order valence-corrected chi connectivity index (χ4v) is 4.58. The summed E-state index contributed by atoms with van der Waals surface area (Å²) in [6, 6.07) is 10.5. The van der Waals surface area contributed by atoms with Gasteiger partial charge in [0.25, 0.3) is 0 Å². The highest BCUT2D eigenvalue weighted by Gasteiger charge is 2.35. The van der Waals surface area contributed by atoms with Crippen molar-refractivity contribution >= 4 is 24.1 Å². The molecule has 0 radical (unpaired) electrons. The zero-order chi connectivity index (χ0) is 34.7. The number of β-amino-alcohol motifs (C(OH)–C–C–N with tert-alkyl or cyclic N) is 1. The third-order valence-corrected chi connectivity index (χ3v) is 6.93. The first-order valence-electron chi connectivity index (χ1n) is 16.3. The topological polar surface area (TPSA) is 145 Å². The van der Waals surface area contributed by atoms with E-state index in [0.29, 0.717) is 19.3 Å². The van der Waals surface area contributed by atoms with Crippen LogP contribution in [0.15, 0.2) is 40.3 Å². The minimum atomic E-state index is -0.977. The van der Waals surface area contributed by atoms with Gasteiger partial charge in [-0.2, -0.15) is 0 Å². The summed E-state index contributed by atoms with van der Waals surface area (Å²) in [6.07, 6.45) is 0.419. The van der Waals surface area contributed by atoms with E-state index in [1.165, 1.54) is 4.90 Å². The molecule has 0 bridgehead atoms. The summed E-state index contributed by atoms with van der Waals surface area (Å²) in [5, 5.41) is 16.4. The van der Waals surface area contributed by atoms with Crippen LogP contribution in [-0.4, -0.2) is 109 Å². The number of aliphatic hydroxyl groups excluding tert-OH is 1. The summed E-state index contributed by atoms with van der Waals surface area (Å²) in [7, 11) is 4.12. The van der Waals surface area contributed by atoms with Crippen molar-refractivity contribution in [2.75, 3.05) is 40.3 Å². The molecule has 1 saturated heterocycles.